The molecule has 0 radical (unpaired) electrons. The van der Waals surface area contributed by atoms with Gasteiger partial charge in [-0.15, -0.1) is 0 Å². The van der Waals surface area contributed by atoms with Crippen LogP contribution in [0.1, 0.15) is 21.0 Å². The number of rotatable bonds is 2. The number of esters is 1. The average Bonchev–Trinajstić information content (AvgIpc) is 2.45. The van der Waals surface area contributed by atoms with E-state index >= 15 is 0 Å². The molecule has 0 saturated carbocycles. The zero-order valence-electron chi connectivity index (χ0n) is 6.26. The lowest BCUT2D eigenvalue weighted by Crippen LogP contribution is -2.01. The highest BCUT2D eigenvalue weighted by Crippen LogP contribution is 2.15. The number of ether oxygens (including phenoxy) is 1. The average molecular weight is 188 g/mol. The maximum atomic E-state index is 10.9. The number of hydrogen-bond acceptors (Lipinski definition) is 3. The predicted molar refractivity (Wildman–Crippen MR) is 42.5 cm³/mol. The van der Waals surface area contributed by atoms with E-state index < -0.39 is 5.97 Å². The molecule has 0 atom stereocenters. The van der Waals surface area contributed by atoms with Crippen molar-refractivity contribution in [3.63, 3.8) is 0 Å². The quantitative estimate of drug-likeness (QED) is 0.560. The molecule has 12 heavy (non-hydrogen) atoms. The highest BCUT2D eigenvalue weighted by Gasteiger charge is 2.11. The monoisotopic (exact) mass is 187 g/mol. The minimum absolute atomic E-state index is 0.171. The number of methoxy groups -OCH3 is 1. The number of carbonyl (C=O) groups is 2. The van der Waals surface area contributed by atoms with Gasteiger partial charge in [0.15, 0.2) is 6.29 Å². The van der Waals surface area contributed by atoms with Gasteiger partial charge in [-0.1, -0.05) is 11.6 Å². The Labute approximate surface area is 73.5 Å². The van der Waals surface area contributed by atoms with Crippen molar-refractivity contribution in [3.8, 4) is 0 Å². The summed E-state index contributed by atoms with van der Waals surface area (Å²) >= 11 is 5.58. The highest BCUT2D eigenvalue weighted by molar-refractivity contribution is 6.33. The minimum Gasteiger partial charge on any atom is -0.464 e. The van der Waals surface area contributed by atoms with E-state index in [2.05, 4.69) is 9.72 Å². The summed E-state index contributed by atoms with van der Waals surface area (Å²) in [7, 11) is 1.25. The van der Waals surface area contributed by atoms with Gasteiger partial charge in [0, 0.05) is 0 Å². The molecule has 5 heteroatoms. The Morgan fingerprint density at radius 2 is 2.42 bits per heavy atom. The molecule has 0 unspecified atom stereocenters. The van der Waals surface area contributed by atoms with Crippen LogP contribution >= 0.6 is 11.6 Å². The van der Waals surface area contributed by atoms with Crippen LogP contribution in [0.3, 0.4) is 0 Å². The van der Waals surface area contributed by atoms with E-state index in [1.54, 1.807) is 0 Å². The summed E-state index contributed by atoms with van der Waals surface area (Å²) in [6, 6.07) is 1.34. The molecular weight excluding hydrogens is 182 g/mol. The summed E-state index contributed by atoms with van der Waals surface area (Å²) in [4.78, 5) is 23.7. The van der Waals surface area contributed by atoms with Crippen molar-refractivity contribution in [3.05, 3.63) is 22.5 Å². The molecule has 4 nitrogen and oxygen atoms in total. The summed E-state index contributed by atoms with van der Waals surface area (Å²) in [5, 5.41) is 0.213. The first-order valence-electron chi connectivity index (χ1n) is 3.11. The Kier molecular flexibility index (Phi) is 2.50. The lowest BCUT2D eigenvalue weighted by atomic mass is 10.4. The fourth-order valence-corrected chi connectivity index (χ4v) is 0.952. The fourth-order valence-electron chi connectivity index (χ4n) is 0.751. The molecule has 0 aromatic carbocycles. The van der Waals surface area contributed by atoms with Gasteiger partial charge in [-0.2, -0.15) is 0 Å². The van der Waals surface area contributed by atoms with Gasteiger partial charge in [0.25, 0.3) is 0 Å². The summed E-state index contributed by atoms with van der Waals surface area (Å²) < 4.78 is 4.40. The molecule has 0 spiro atoms. The van der Waals surface area contributed by atoms with Gasteiger partial charge in [0.2, 0.25) is 0 Å². The van der Waals surface area contributed by atoms with Crippen LogP contribution in [0.25, 0.3) is 0 Å². The van der Waals surface area contributed by atoms with E-state index in [-0.39, 0.29) is 16.4 Å². The van der Waals surface area contributed by atoms with Crippen molar-refractivity contribution in [2.45, 2.75) is 0 Å². The number of aldehydes is 1. The van der Waals surface area contributed by atoms with Crippen LogP contribution in [0.15, 0.2) is 6.07 Å². The van der Waals surface area contributed by atoms with Crippen molar-refractivity contribution in [2.75, 3.05) is 7.11 Å². The topological polar surface area (TPSA) is 59.2 Å². The van der Waals surface area contributed by atoms with Crippen LogP contribution in [-0.2, 0) is 4.74 Å². The molecule has 0 aliphatic carbocycles. The number of carbonyl (C=O) groups excluding carboxylic acids is 2. The third kappa shape index (κ3) is 1.48. The summed E-state index contributed by atoms with van der Waals surface area (Å²) in [6.07, 6.45) is 0.536. The third-order valence-corrected chi connectivity index (χ3v) is 1.63. The van der Waals surface area contributed by atoms with Gasteiger partial charge in [-0.25, -0.2) is 4.79 Å². The van der Waals surface area contributed by atoms with Crippen LogP contribution in [0, 0.1) is 0 Å². The lowest BCUT2D eigenvalue weighted by molar-refractivity contribution is 0.0595. The molecule has 64 valence electrons. The molecule has 1 heterocycles. The second kappa shape index (κ2) is 3.40. The maximum Gasteiger partial charge on any atom is 0.354 e. The second-order valence-corrected chi connectivity index (χ2v) is 2.46. The Bertz CT molecular complexity index is 318. The van der Waals surface area contributed by atoms with Crippen LogP contribution in [-0.4, -0.2) is 24.3 Å². The largest absolute Gasteiger partial charge is 0.464 e. The molecule has 0 bridgehead atoms. The molecule has 0 fully saturated rings. The Hall–Kier alpha value is -1.29. The van der Waals surface area contributed by atoms with Crippen LogP contribution in [0.4, 0.5) is 0 Å². The van der Waals surface area contributed by atoms with E-state index in [0.29, 0.717) is 6.29 Å². The smallest absolute Gasteiger partial charge is 0.354 e. The fraction of sp³-hybridized carbons (Fsp3) is 0.143. The Balaban J connectivity index is 3.04. The Morgan fingerprint density at radius 3 is 2.83 bits per heavy atom. The molecule has 1 aromatic heterocycles. The highest BCUT2D eigenvalue weighted by atomic mass is 35.5. The number of aromatic nitrogens is 1. The number of nitrogens with one attached hydrogen (secondary N) is 1. The third-order valence-electron chi connectivity index (χ3n) is 1.32. The normalized spacial score (nSPS) is 9.50. The first-order valence-corrected chi connectivity index (χ1v) is 3.49. The number of aromatic amines is 1. The Morgan fingerprint density at radius 1 is 1.75 bits per heavy atom. The lowest BCUT2D eigenvalue weighted by Gasteiger charge is -1.91. The van der Waals surface area contributed by atoms with Gasteiger partial charge in [0.1, 0.15) is 5.69 Å². The van der Waals surface area contributed by atoms with E-state index in [1.165, 1.54) is 13.2 Å². The SMILES string of the molecule is COC(=O)c1cc(Cl)c(C=O)[nH]1. The zero-order chi connectivity index (χ0) is 9.14. The predicted octanol–water partition coefficient (Wildman–Crippen LogP) is 1.27. The van der Waals surface area contributed by atoms with E-state index in [0.717, 1.165) is 0 Å². The van der Waals surface area contributed by atoms with Gasteiger partial charge >= 0.3 is 5.97 Å². The molecule has 0 aliphatic heterocycles. The van der Waals surface area contributed by atoms with Crippen molar-refractivity contribution in [2.24, 2.45) is 0 Å². The van der Waals surface area contributed by atoms with Gasteiger partial charge in [-0.05, 0) is 6.07 Å². The molecule has 0 aliphatic rings. The van der Waals surface area contributed by atoms with Crippen molar-refractivity contribution in [1.29, 1.82) is 0 Å². The number of halogens is 1. The van der Waals surface area contributed by atoms with E-state index in [9.17, 15) is 9.59 Å². The minimum atomic E-state index is -0.551. The second-order valence-electron chi connectivity index (χ2n) is 2.05. The first kappa shape index (κ1) is 8.80. The zero-order valence-corrected chi connectivity index (χ0v) is 7.01. The standard InChI is InChI=1S/C7H6ClNO3/c1-12-7(11)5-2-4(8)6(3-10)9-5/h2-3,9H,1H3. The van der Waals surface area contributed by atoms with Gasteiger partial charge in [-0.3, -0.25) is 4.79 Å². The van der Waals surface area contributed by atoms with E-state index in [4.69, 9.17) is 11.6 Å². The summed E-state index contributed by atoms with van der Waals surface area (Å²) in [5.74, 6) is -0.551. The van der Waals surface area contributed by atoms with Crippen LogP contribution in [0.5, 0.6) is 0 Å². The molecule has 0 saturated heterocycles. The molecular formula is C7H6ClNO3. The van der Waals surface area contributed by atoms with E-state index in [1.807, 2.05) is 0 Å². The van der Waals surface area contributed by atoms with Crippen molar-refractivity contribution >= 4 is 23.9 Å². The van der Waals surface area contributed by atoms with Gasteiger partial charge < -0.3 is 9.72 Å². The molecule has 1 N–H and O–H groups in total. The summed E-state index contributed by atoms with van der Waals surface area (Å²) in [6.45, 7) is 0. The van der Waals surface area contributed by atoms with Crippen molar-refractivity contribution < 1.29 is 14.3 Å². The van der Waals surface area contributed by atoms with Crippen molar-refractivity contribution in [1.82, 2.24) is 4.98 Å². The number of H-pyrrole nitrogens is 1. The number of hydrogen-bond donors (Lipinski definition) is 1. The van der Waals surface area contributed by atoms with Crippen LogP contribution < -0.4 is 0 Å². The molecule has 1 aromatic rings. The maximum absolute atomic E-state index is 10.9. The van der Waals surface area contributed by atoms with Crippen LogP contribution in [0.2, 0.25) is 5.02 Å². The molecule has 1 rings (SSSR count). The first-order chi connectivity index (χ1) is 5.69. The van der Waals surface area contributed by atoms with Gasteiger partial charge in [0.05, 0.1) is 17.8 Å². The summed E-state index contributed by atoms with van der Waals surface area (Å²) in [5.41, 5.74) is 0.349. The molecule has 0 amide bonds.